The molecular formula is C35H55BN8O12. The minimum Gasteiger partial charge on any atom is -0.480 e. The minimum absolute atomic E-state index is 0.0185. The van der Waals surface area contributed by atoms with Crippen LogP contribution in [-0.2, 0) is 35.2 Å². The monoisotopic (exact) mass is 790 g/mol. The van der Waals surface area contributed by atoms with Gasteiger partial charge >= 0.3 is 25.0 Å². The highest BCUT2D eigenvalue weighted by atomic mass is 16.4. The number of carbonyl (C=O) groups is 7. The molecule has 0 unspecified atom stereocenters. The van der Waals surface area contributed by atoms with Crippen molar-refractivity contribution in [1.29, 1.82) is 0 Å². The summed E-state index contributed by atoms with van der Waals surface area (Å²) in [5.74, 6) is -5.27. The number of likely N-dealkylation sites (tertiary alicyclic amines) is 1. The van der Waals surface area contributed by atoms with Gasteiger partial charge in [-0.1, -0.05) is 12.1 Å². The molecule has 3 rings (SSSR count). The van der Waals surface area contributed by atoms with Crippen molar-refractivity contribution in [2.75, 3.05) is 98.2 Å². The van der Waals surface area contributed by atoms with Crippen LogP contribution in [0.2, 0.25) is 0 Å². The Labute approximate surface area is 325 Å². The van der Waals surface area contributed by atoms with E-state index in [1.807, 2.05) is 4.90 Å². The van der Waals surface area contributed by atoms with Crippen LogP contribution in [0.25, 0.3) is 0 Å². The molecule has 1 aromatic carbocycles. The number of rotatable bonds is 18. The Balaban J connectivity index is 1.42. The SMILES string of the molecule is C[C@@H](NC(=O)c1ccc(CC(=O)NCCCNC(=O)CN2CCN(CC(=O)O)CCN(CC(=O)O)CCN(CC(=O)O)CC2)cc1)C(=O)N1CCC[C@H]1B(O)O. The molecule has 20 nitrogen and oxygen atoms in total. The molecule has 2 heterocycles. The van der Waals surface area contributed by atoms with Gasteiger partial charge < -0.3 is 46.2 Å². The summed E-state index contributed by atoms with van der Waals surface area (Å²) in [6, 6.07) is 5.47. The molecule has 56 heavy (non-hydrogen) atoms. The summed E-state index contributed by atoms with van der Waals surface area (Å²) >= 11 is 0. The largest absolute Gasteiger partial charge is 0.480 e. The predicted molar refractivity (Wildman–Crippen MR) is 201 cm³/mol. The molecule has 1 aromatic rings. The summed E-state index contributed by atoms with van der Waals surface area (Å²) in [4.78, 5) is 93.5. The van der Waals surface area contributed by atoms with Crippen molar-refractivity contribution in [1.82, 2.24) is 40.4 Å². The summed E-state index contributed by atoms with van der Waals surface area (Å²) in [6.45, 7) is 3.96. The highest BCUT2D eigenvalue weighted by Crippen LogP contribution is 2.19. The fraction of sp³-hybridized carbons (Fsp3) is 0.629. The van der Waals surface area contributed by atoms with E-state index in [0.29, 0.717) is 57.5 Å². The van der Waals surface area contributed by atoms with Gasteiger partial charge in [-0.2, -0.15) is 0 Å². The topological polar surface area (TPSA) is 273 Å². The molecule has 8 N–H and O–H groups in total. The van der Waals surface area contributed by atoms with Crippen LogP contribution in [0.3, 0.4) is 0 Å². The van der Waals surface area contributed by atoms with E-state index in [0.717, 1.165) is 0 Å². The van der Waals surface area contributed by atoms with Crippen LogP contribution in [0.1, 0.15) is 42.1 Å². The summed E-state index contributed by atoms with van der Waals surface area (Å²) in [6.07, 6.45) is 1.59. The normalized spacial score (nSPS) is 18.6. The standard InChI is InChI=1S/C35H55BN8O12/c1-25(35(54)44-11-2-4-28(44)36(55)56)39-34(53)27-7-5-26(6-8-27)20-29(45)37-9-3-10-38-30(46)21-40-12-14-41(22-31(47)48)16-18-43(24-33(51)52)19-17-42(15-13-40)23-32(49)50/h5-8,25,28,55-56H,2-4,9-24H2,1H3,(H,37,45)(H,38,46)(H,39,53)(H,47,48)(H,49,50)(H,51,52)/t25-,28+/m1/s1. The number of amides is 4. The first-order valence-electron chi connectivity index (χ1n) is 18.8. The van der Waals surface area contributed by atoms with Crippen LogP contribution < -0.4 is 16.0 Å². The van der Waals surface area contributed by atoms with Crippen molar-refractivity contribution in [3.63, 3.8) is 0 Å². The van der Waals surface area contributed by atoms with Gasteiger partial charge in [0.15, 0.2) is 0 Å². The van der Waals surface area contributed by atoms with E-state index in [-0.39, 0.29) is 89.2 Å². The van der Waals surface area contributed by atoms with Crippen molar-refractivity contribution >= 4 is 48.7 Å². The molecule has 2 aliphatic heterocycles. The van der Waals surface area contributed by atoms with E-state index >= 15 is 0 Å². The van der Waals surface area contributed by atoms with Crippen molar-refractivity contribution in [3.8, 4) is 0 Å². The number of carboxylic acid groups (broad SMARTS) is 3. The second-order valence-corrected chi connectivity index (χ2v) is 14.1. The van der Waals surface area contributed by atoms with Crippen LogP contribution in [0.5, 0.6) is 0 Å². The van der Waals surface area contributed by atoms with Gasteiger partial charge in [0.05, 0.1) is 38.5 Å². The van der Waals surface area contributed by atoms with Gasteiger partial charge in [0.1, 0.15) is 6.04 Å². The molecule has 2 saturated heterocycles. The Bertz CT molecular complexity index is 1470. The number of nitrogens with one attached hydrogen (secondary N) is 3. The maximum atomic E-state index is 12.9. The summed E-state index contributed by atoms with van der Waals surface area (Å²) < 4.78 is 0. The average Bonchev–Trinajstić information content (AvgIpc) is 3.62. The van der Waals surface area contributed by atoms with Crippen molar-refractivity contribution in [3.05, 3.63) is 35.4 Å². The number of carboxylic acids is 3. The maximum absolute atomic E-state index is 12.9. The van der Waals surface area contributed by atoms with E-state index < -0.39 is 48.8 Å². The third-order valence-electron chi connectivity index (χ3n) is 9.60. The Kier molecular flexibility index (Phi) is 19.1. The zero-order valence-corrected chi connectivity index (χ0v) is 31.8. The highest BCUT2D eigenvalue weighted by molar-refractivity contribution is 6.43. The molecule has 0 spiro atoms. The van der Waals surface area contributed by atoms with Crippen LogP contribution >= 0.6 is 0 Å². The summed E-state index contributed by atoms with van der Waals surface area (Å²) in [7, 11) is -1.65. The number of carbonyl (C=O) groups excluding carboxylic acids is 4. The van der Waals surface area contributed by atoms with Gasteiger partial charge in [0, 0.05) is 77.6 Å². The van der Waals surface area contributed by atoms with E-state index in [9.17, 15) is 58.9 Å². The van der Waals surface area contributed by atoms with Crippen LogP contribution in [-0.4, -0.2) is 209 Å². The van der Waals surface area contributed by atoms with Gasteiger partial charge in [0.25, 0.3) is 5.91 Å². The molecule has 0 bridgehead atoms. The molecule has 4 amide bonds. The van der Waals surface area contributed by atoms with Gasteiger partial charge in [-0.25, -0.2) is 0 Å². The lowest BCUT2D eigenvalue weighted by molar-refractivity contribution is -0.140. The van der Waals surface area contributed by atoms with E-state index in [1.54, 1.807) is 39.0 Å². The zero-order valence-electron chi connectivity index (χ0n) is 31.8. The average molecular weight is 791 g/mol. The number of hydrogen-bond donors (Lipinski definition) is 8. The highest BCUT2D eigenvalue weighted by Gasteiger charge is 2.38. The van der Waals surface area contributed by atoms with Crippen LogP contribution in [0.15, 0.2) is 24.3 Å². The number of nitrogens with zero attached hydrogens (tertiary/aromatic N) is 5. The van der Waals surface area contributed by atoms with Crippen molar-refractivity contribution in [2.24, 2.45) is 0 Å². The second kappa shape index (κ2) is 23.4. The molecule has 0 aliphatic carbocycles. The van der Waals surface area contributed by atoms with Gasteiger partial charge in [-0.3, -0.25) is 53.2 Å². The number of aliphatic carboxylic acids is 3. The smallest absolute Gasteiger partial charge is 0.475 e. The first kappa shape index (κ1) is 45.7. The van der Waals surface area contributed by atoms with E-state index in [4.69, 9.17) is 0 Å². The third-order valence-corrected chi connectivity index (χ3v) is 9.60. The zero-order chi connectivity index (χ0) is 41.2. The molecular weight excluding hydrogens is 735 g/mol. The van der Waals surface area contributed by atoms with E-state index in [1.165, 1.54) is 11.8 Å². The lowest BCUT2D eigenvalue weighted by Crippen LogP contribution is -2.52. The Hall–Kier alpha value is -4.67. The van der Waals surface area contributed by atoms with Gasteiger partial charge in [0.2, 0.25) is 17.7 Å². The molecule has 21 heteroatoms. The molecule has 2 fully saturated rings. The van der Waals surface area contributed by atoms with E-state index in [2.05, 4.69) is 16.0 Å². The molecule has 310 valence electrons. The van der Waals surface area contributed by atoms with Crippen LogP contribution in [0, 0.1) is 0 Å². The lowest BCUT2D eigenvalue weighted by Gasteiger charge is -2.32. The first-order valence-corrected chi connectivity index (χ1v) is 18.8. The van der Waals surface area contributed by atoms with Crippen molar-refractivity contribution < 1.29 is 58.9 Å². The molecule has 2 aliphatic rings. The summed E-state index contributed by atoms with van der Waals surface area (Å²) in [5, 5.41) is 55.4. The molecule has 0 saturated carbocycles. The van der Waals surface area contributed by atoms with Crippen LogP contribution in [0.4, 0.5) is 0 Å². The molecule has 0 aromatic heterocycles. The number of benzene rings is 1. The maximum Gasteiger partial charge on any atom is 0.475 e. The minimum atomic E-state index is -1.65. The van der Waals surface area contributed by atoms with Crippen molar-refractivity contribution in [2.45, 2.75) is 44.6 Å². The Morgan fingerprint density at radius 1 is 0.679 bits per heavy atom. The molecule has 2 atom stereocenters. The number of hydrogen-bond acceptors (Lipinski definition) is 13. The first-order chi connectivity index (χ1) is 26.6. The quantitative estimate of drug-likeness (QED) is 0.0528. The molecule has 0 radical (unpaired) electrons. The fourth-order valence-corrected chi connectivity index (χ4v) is 6.58. The summed E-state index contributed by atoms with van der Waals surface area (Å²) in [5.41, 5.74) is 0.942. The van der Waals surface area contributed by atoms with Gasteiger partial charge in [-0.05, 0) is 43.9 Å². The fourth-order valence-electron chi connectivity index (χ4n) is 6.58. The third kappa shape index (κ3) is 16.6. The lowest BCUT2D eigenvalue weighted by atomic mass is 9.78. The van der Waals surface area contributed by atoms with Gasteiger partial charge in [-0.15, -0.1) is 0 Å². The Morgan fingerprint density at radius 2 is 1.12 bits per heavy atom. The Morgan fingerprint density at radius 3 is 1.57 bits per heavy atom. The predicted octanol–water partition coefficient (Wildman–Crippen LogP) is -3.55. The second-order valence-electron chi connectivity index (χ2n) is 14.1.